The highest BCUT2D eigenvalue weighted by Crippen LogP contribution is 2.21. The summed E-state index contributed by atoms with van der Waals surface area (Å²) in [6.07, 6.45) is 1.72. The molecule has 3 rings (SSSR count). The minimum Gasteiger partial charge on any atom is -0.288 e. The standard InChI is InChI=1S/C16H10INO/c17-14-9-2-1-7-12(14)16(19)13-8-3-5-11-6-4-10-18-15(11)13/h1-10H. The van der Waals surface area contributed by atoms with Gasteiger partial charge in [-0.2, -0.15) is 0 Å². The highest BCUT2D eigenvalue weighted by atomic mass is 127. The van der Waals surface area contributed by atoms with Crippen LogP contribution in [-0.2, 0) is 0 Å². The summed E-state index contributed by atoms with van der Waals surface area (Å²) >= 11 is 2.18. The van der Waals surface area contributed by atoms with Crippen LogP contribution >= 0.6 is 22.6 Å². The van der Waals surface area contributed by atoms with Crippen LogP contribution in [0.15, 0.2) is 60.8 Å². The fourth-order valence-corrected chi connectivity index (χ4v) is 2.71. The van der Waals surface area contributed by atoms with Gasteiger partial charge >= 0.3 is 0 Å². The van der Waals surface area contributed by atoms with Crippen LogP contribution in [0.5, 0.6) is 0 Å². The van der Waals surface area contributed by atoms with Gasteiger partial charge in [0.15, 0.2) is 5.78 Å². The molecule has 1 aromatic heterocycles. The number of pyridine rings is 1. The van der Waals surface area contributed by atoms with E-state index in [0.717, 1.165) is 20.0 Å². The highest BCUT2D eigenvalue weighted by molar-refractivity contribution is 14.1. The third-order valence-electron chi connectivity index (χ3n) is 3.00. The lowest BCUT2D eigenvalue weighted by atomic mass is 10.0. The van der Waals surface area contributed by atoms with Gasteiger partial charge in [0, 0.05) is 26.3 Å². The quantitative estimate of drug-likeness (QED) is 0.510. The molecule has 92 valence electrons. The molecule has 2 nitrogen and oxygen atoms in total. The van der Waals surface area contributed by atoms with Gasteiger partial charge in [0.05, 0.1) is 5.52 Å². The summed E-state index contributed by atoms with van der Waals surface area (Å²) in [6.45, 7) is 0. The van der Waals surface area contributed by atoms with E-state index in [1.54, 1.807) is 6.20 Å². The molecule has 0 aliphatic rings. The maximum atomic E-state index is 12.6. The monoisotopic (exact) mass is 359 g/mol. The van der Waals surface area contributed by atoms with E-state index >= 15 is 0 Å². The Morgan fingerprint density at radius 2 is 1.63 bits per heavy atom. The SMILES string of the molecule is O=C(c1ccccc1I)c1cccc2cccnc12. The largest absolute Gasteiger partial charge is 0.288 e. The van der Waals surface area contributed by atoms with Crippen molar-refractivity contribution in [2.75, 3.05) is 0 Å². The van der Waals surface area contributed by atoms with Crippen molar-refractivity contribution in [2.45, 2.75) is 0 Å². The number of halogens is 1. The first-order chi connectivity index (χ1) is 9.27. The first-order valence-corrected chi connectivity index (χ1v) is 6.98. The van der Waals surface area contributed by atoms with Gasteiger partial charge in [-0.1, -0.05) is 30.3 Å². The van der Waals surface area contributed by atoms with E-state index in [-0.39, 0.29) is 5.78 Å². The summed E-state index contributed by atoms with van der Waals surface area (Å²) in [7, 11) is 0. The average molecular weight is 359 g/mol. The first-order valence-electron chi connectivity index (χ1n) is 5.90. The fourth-order valence-electron chi connectivity index (χ4n) is 2.08. The summed E-state index contributed by atoms with van der Waals surface area (Å²) in [5.41, 5.74) is 2.14. The zero-order valence-electron chi connectivity index (χ0n) is 10.0. The van der Waals surface area contributed by atoms with Crippen LogP contribution in [-0.4, -0.2) is 10.8 Å². The maximum Gasteiger partial charge on any atom is 0.196 e. The number of fused-ring (bicyclic) bond motifs is 1. The summed E-state index contributed by atoms with van der Waals surface area (Å²) in [4.78, 5) is 17.0. The van der Waals surface area contributed by atoms with E-state index < -0.39 is 0 Å². The molecular formula is C16H10INO. The Labute approximate surface area is 124 Å². The van der Waals surface area contributed by atoms with E-state index in [1.807, 2.05) is 54.6 Å². The van der Waals surface area contributed by atoms with Gasteiger partial charge < -0.3 is 0 Å². The van der Waals surface area contributed by atoms with Crippen molar-refractivity contribution in [1.82, 2.24) is 4.98 Å². The summed E-state index contributed by atoms with van der Waals surface area (Å²) in [6, 6.07) is 17.1. The molecule has 0 radical (unpaired) electrons. The van der Waals surface area contributed by atoms with Gasteiger partial charge in [0.2, 0.25) is 0 Å². The van der Waals surface area contributed by atoms with E-state index in [2.05, 4.69) is 27.6 Å². The van der Waals surface area contributed by atoms with Crippen molar-refractivity contribution in [3.8, 4) is 0 Å². The highest BCUT2D eigenvalue weighted by Gasteiger charge is 2.15. The second-order valence-electron chi connectivity index (χ2n) is 4.19. The molecule has 2 aromatic carbocycles. The van der Waals surface area contributed by atoms with E-state index in [4.69, 9.17) is 0 Å². The van der Waals surface area contributed by atoms with Crippen molar-refractivity contribution in [3.63, 3.8) is 0 Å². The average Bonchev–Trinajstić information content (AvgIpc) is 2.46. The van der Waals surface area contributed by atoms with Crippen LogP contribution in [0.2, 0.25) is 0 Å². The molecular weight excluding hydrogens is 349 g/mol. The van der Waals surface area contributed by atoms with Gasteiger partial charge in [0.25, 0.3) is 0 Å². The number of nitrogens with zero attached hydrogens (tertiary/aromatic N) is 1. The van der Waals surface area contributed by atoms with E-state index in [0.29, 0.717) is 5.56 Å². The van der Waals surface area contributed by atoms with Crippen LogP contribution in [0, 0.1) is 3.57 Å². The van der Waals surface area contributed by atoms with Gasteiger partial charge in [-0.3, -0.25) is 9.78 Å². The molecule has 0 unspecified atom stereocenters. The van der Waals surface area contributed by atoms with Crippen LogP contribution in [0.1, 0.15) is 15.9 Å². The Hall–Kier alpha value is -1.75. The molecule has 0 amide bonds. The van der Waals surface area contributed by atoms with E-state index in [1.165, 1.54) is 0 Å². The lowest BCUT2D eigenvalue weighted by Gasteiger charge is -2.06. The predicted molar refractivity (Wildman–Crippen MR) is 84.3 cm³/mol. The van der Waals surface area contributed by atoms with Gasteiger partial charge in [-0.05, 0) is 46.9 Å². The van der Waals surface area contributed by atoms with Crippen molar-refractivity contribution < 1.29 is 4.79 Å². The van der Waals surface area contributed by atoms with Gasteiger partial charge in [-0.25, -0.2) is 0 Å². The lowest BCUT2D eigenvalue weighted by Crippen LogP contribution is -2.04. The Balaban J connectivity index is 2.20. The molecule has 1 heterocycles. The van der Waals surface area contributed by atoms with Crippen LogP contribution in [0.4, 0.5) is 0 Å². The fraction of sp³-hybridized carbons (Fsp3) is 0. The van der Waals surface area contributed by atoms with Crippen molar-refractivity contribution in [3.05, 3.63) is 75.5 Å². The number of aromatic nitrogens is 1. The molecule has 0 aliphatic carbocycles. The number of benzene rings is 2. The Morgan fingerprint density at radius 3 is 2.47 bits per heavy atom. The minimum atomic E-state index is 0.0225. The second kappa shape index (κ2) is 5.09. The molecule has 0 spiro atoms. The third kappa shape index (κ3) is 2.26. The topological polar surface area (TPSA) is 30.0 Å². The molecule has 0 saturated carbocycles. The van der Waals surface area contributed by atoms with Crippen LogP contribution in [0.25, 0.3) is 10.9 Å². The van der Waals surface area contributed by atoms with Crippen LogP contribution < -0.4 is 0 Å². The smallest absolute Gasteiger partial charge is 0.196 e. The Bertz CT molecular complexity index is 762. The Morgan fingerprint density at radius 1 is 0.895 bits per heavy atom. The minimum absolute atomic E-state index is 0.0225. The van der Waals surface area contributed by atoms with E-state index in [9.17, 15) is 4.79 Å². The number of carbonyl (C=O) groups excluding carboxylic acids is 1. The number of carbonyl (C=O) groups is 1. The second-order valence-corrected chi connectivity index (χ2v) is 5.35. The maximum absolute atomic E-state index is 12.6. The molecule has 0 aliphatic heterocycles. The van der Waals surface area contributed by atoms with Crippen molar-refractivity contribution in [2.24, 2.45) is 0 Å². The summed E-state index contributed by atoms with van der Waals surface area (Å²) < 4.78 is 0.957. The first kappa shape index (κ1) is 12.3. The third-order valence-corrected chi connectivity index (χ3v) is 3.94. The molecule has 0 bridgehead atoms. The molecule has 0 fully saturated rings. The molecule has 3 aromatic rings. The van der Waals surface area contributed by atoms with Crippen molar-refractivity contribution in [1.29, 1.82) is 0 Å². The summed E-state index contributed by atoms with van der Waals surface area (Å²) in [5.74, 6) is 0.0225. The molecule has 0 atom stereocenters. The predicted octanol–water partition coefficient (Wildman–Crippen LogP) is 4.07. The number of ketones is 1. The zero-order chi connectivity index (χ0) is 13.2. The van der Waals surface area contributed by atoms with Crippen molar-refractivity contribution >= 4 is 39.3 Å². The number of para-hydroxylation sites is 1. The van der Waals surface area contributed by atoms with Crippen LogP contribution in [0.3, 0.4) is 0 Å². The Kier molecular flexibility index (Phi) is 3.29. The van der Waals surface area contributed by atoms with Gasteiger partial charge in [0.1, 0.15) is 0 Å². The summed E-state index contributed by atoms with van der Waals surface area (Å²) in [5, 5.41) is 0.985. The molecule has 0 N–H and O–H groups in total. The number of hydrogen-bond acceptors (Lipinski definition) is 2. The number of rotatable bonds is 2. The molecule has 0 saturated heterocycles. The number of hydrogen-bond donors (Lipinski definition) is 0. The lowest BCUT2D eigenvalue weighted by molar-refractivity contribution is 0.103. The zero-order valence-corrected chi connectivity index (χ0v) is 12.2. The van der Waals surface area contributed by atoms with Gasteiger partial charge in [-0.15, -0.1) is 0 Å². The molecule has 19 heavy (non-hydrogen) atoms. The molecule has 3 heteroatoms. The normalized spacial score (nSPS) is 10.6.